The van der Waals surface area contributed by atoms with Crippen LogP contribution in [0.15, 0.2) is 59.8 Å². The molecule has 1 atom stereocenters. The molecule has 0 saturated heterocycles. The molecule has 1 heteroatoms. The topological polar surface area (TPSA) is 0 Å². The van der Waals surface area contributed by atoms with Gasteiger partial charge >= 0.3 is 0 Å². The summed E-state index contributed by atoms with van der Waals surface area (Å²) in [7, 11) is 0. The van der Waals surface area contributed by atoms with Crippen LogP contribution in [0.5, 0.6) is 0 Å². The molecule has 1 rings (SSSR count). The van der Waals surface area contributed by atoms with Crippen molar-refractivity contribution in [3.05, 3.63) is 59.8 Å². The number of hydrogen-bond donors (Lipinski definition) is 0. The van der Waals surface area contributed by atoms with E-state index in [1.807, 2.05) is 13.0 Å². The fourth-order valence-corrected chi connectivity index (χ4v) is 1.83. The normalized spacial score (nSPS) is 20.4. The van der Waals surface area contributed by atoms with Crippen molar-refractivity contribution < 1.29 is 32.7 Å². The van der Waals surface area contributed by atoms with Gasteiger partial charge in [0.25, 0.3) is 0 Å². The molecule has 0 aromatic rings. The van der Waals surface area contributed by atoms with E-state index >= 15 is 0 Å². The predicted octanol–water partition coefficient (Wildman–Crippen LogP) is 4.58. The zero-order chi connectivity index (χ0) is 11.3. The van der Waals surface area contributed by atoms with Crippen molar-refractivity contribution in [3.8, 4) is 0 Å². The minimum Gasteiger partial charge on any atom is -0.0985 e. The molecule has 0 amide bonds. The Hall–Kier alpha value is -0.196. The summed E-state index contributed by atoms with van der Waals surface area (Å²) >= 11 is 0. The first-order chi connectivity index (χ1) is 7.21. The summed E-state index contributed by atoms with van der Waals surface area (Å²) in [6.07, 6.45) is 14.1. The zero-order valence-corrected chi connectivity index (χ0v) is 13.4. The Balaban J connectivity index is 0.00000225. The summed E-state index contributed by atoms with van der Waals surface area (Å²) in [5, 5.41) is 0. The molecule has 0 aliphatic heterocycles. The first-order valence-corrected chi connectivity index (χ1v) is 5.61. The predicted molar refractivity (Wildman–Crippen MR) is 68.7 cm³/mol. The average molecular weight is 289 g/mol. The summed E-state index contributed by atoms with van der Waals surface area (Å²) in [5.74, 6) is 0.493. The second kappa shape index (κ2) is 7.98. The molecular formula is C15H20Y. The molecule has 0 heterocycles. The van der Waals surface area contributed by atoms with Gasteiger partial charge in [0.1, 0.15) is 0 Å². The van der Waals surface area contributed by atoms with E-state index in [9.17, 15) is 0 Å². The second-order valence-corrected chi connectivity index (χ2v) is 3.88. The van der Waals surface area contributed by atoms with Crippen molar-refractivity contribution in [2.45, 2.75) is 27.2 Å². The van der Waals surface area contributed by atoms with E-state index in [0.717, 1.165) is 6.42 Å². The third-order valence-electron chi connectivity index (χ3n) is 2.57. The van der Waals surface area contributed by atoms with Gasteiger partial charge in [0, 0.05) is 32.7 Å². The van der Waals surface area contributed by atoms with E-state index in [-0.39, 0.29) is 32.7 Å². The fraction of sp³-hybridized carbons (Fsp3) is 0.333. The van der Waals surface area contributed by atoms with Crippen LogP contribution >= 0.6 is 0 Å². The third kappa shape index (κ3) is 4.35. The maximum absolute atomic E-state index is 3.88. The van der Waals surface area contributed by atoms with E-state index in [4.69, 9.17) is 0 Å². The molecule has 1 radical (unpaired) electrons. The van der Waals surface area contributed by atoms with Crippen LogP contribution < -0.4 is 0 Å². The van der Waals surface area contributed by atoms with Crippen LogP contribution in [0.25, 0.3) is 0 Å². The van der Waals surface area contributed by atoms with Gasteiger partial charge < -0.3 is 0 Å². The molecule has 1 unspecified atom stereocenters. The molecule has 0 N–H and O–H groups in total. The number of rotatable bonds is 3. The van der Waals surface area contributed by atoms with E-state index in [1.165, 1.54) is 16.7 Å². The fourth-order valence-electron chi connectivity index (χ4n) is 1.83. The Kier molecular flexibility index (Phi) is 7.88. The maximum Gasteiger partial charge on any atom is 0 e. The van der Waals surface area contributed by atoms with E-state index in [1.54, 1.807) is 0 Å². The van der Waals surface area contributed by atoms with E-state index < -0.39 is 0 Å². The molecule has 0 aromatic carbocycles. The molecule has 0 bridgehead atoms. The molecule has 16 heavy (non-hydrogen) atoms. The van der Waals surface area contributed by atoms with Gasteiger partial charge in [-0.1, -0.05) is 62.5 Å². The van der Waals surface area contributed by atoms with Crippen molar-refractivity contribution in [3.63, 3.8) is 0 Å². The van der Waals surface area contributed by atoms with Gasteiger partial charge in [-0.25, -0.2) is 0 Å². The molecule has 0 fully saturated rings. The van der Waals surface area contributed by atoms with E-state index in [2.05, 4.69) is 50.8 Å². The average Bonchev–Trinajstić information content (AvgIpc) is 2.38. The van der Waals surface area contributed by atoms with Crippen molar-refractivity contribution >= 4 is 0 Å². The first kappa shape index (κ1) is 15.8. The van der Waals surface area contributed by atoms with Gasteiger partial charge in [0.15, 0.2) is 0 Å². The van der Waals surface area contributed by atoms with Crippen LogP contribution in [0.3, 0.4) is 0 Å². The van der Waals surface area contributed by atoms with Crippen LogP contribution in [-0.4, -0.2) is 0 Å². The molecule has 83 valence electrons. The summed E-state index contributed by atoms with van der Waals surface area (Å²) in [5.41, 5.74) is 3.91. The molecule has 0 nitrogen and oxygen atoms in total. The van der Waals surface area contributed by atoms with E-state index in [0.29, 0.717) is 5.92 Å². The Bertz CT molecular complexity index is 354. The monoisotopic (exact) mass is 289 g/mol. The summed E-state index contributed by atoms with van der Waals surface area (Å²) in [6.45, 7) is 10.3. The SMILES string of the molecule is C=CC1=CC(C)C=C(CC)C=C1/C=C\C.[Y]. The minimum absolute atomic E-state index is 0. The Morgan fingerprint density at radius 1 is 1.31 bits per heavy atom. The molecule has 0 aromatic heterocycles. The Morgan fingerprint density at radius 3 is 2.50 bits per heavy atom. The molecular weight excluding hydrogens is 269 g/mol. The molecule has 1 aliphatic carbocycles. The van der Waals surface area contributed by atoms with Crippen molar-refractivity contribution in [1.82, 2.24) is 0 Å². The van der Waals surface area contributed by atoms with Gasteiger partial charge in [-0.2, -0.15) is 0 Å². The summed E-state index contributed by atoms with van der Waals surface area (Å²) < 4.78 is 0. The Morgan fingerprint density at radius 2 is 2.00 bits per heavy atom. The molecule has 0 spiro atoms. The van der Waals surface area contributed by atoms with Crippen LogP contribution in [0.1, 0.15) is 27.2 Å². The minimum atomic E-state index is 0. The first-order valence-electron chi connectivity index (χ1n) is 5.61. The second-order valence-electron chi connectivity index (χ2n) is 3.88. The van der Waals surface area contributed by atoms with Crippen molar-refractivity contribution in [1.29, 1.82) is 0 Å². The zero-order valence-electron chi connectivity index (χ0n) is 10.5. The van der Waals surface area contributed by atoms with Gasteiger partial charge in [-0.3, -0.25) is 0 Å². The standard InChI is InChI=1S/C15H20.Y/c1-5-8-15-11-13(6-2)9-12(4)10-14(15)7-3;/h5,7-12H,3,6H2,1-2,4H3;/b8-5-;. The van der Waals surface area contributed by atoms with Crippen LogP contribution in [0.4, 0.5) is 0 Å². The largest absolute Gasteiger partial charge is 0.0985 e. The van der Waals surface area contributed by atoms with Crippen molar-refractivity contribution in [2.24, 2.45) is 5.92 Å². The Labute approximate surface area is 125 Å². The van der Waals surface area contributed by atoms with Crippen LogP contribution in [0.2, 0.25) is 0 Å². The third-order valence-corrected chi connectivity index (χ3v) is 2.57. The van der Waals surface area contributed by atoms with Crippen molar-refractivity contribution in [2.75, 3.05) is 0 Å². The quantitative estimate of drug-likeness (QED) is 0.713. The summed E-state index contributed by atoms with van der Waals surface area (Å²) in [4.78, 5) is 0. The molecule has 0 saturated carbocycles. The van der Waals surface area contributed by atoms with Crippen LogP contribution in [0, 0.1) is 5.92 Å². The maximum atomic E-state index is 3.88. The van der Waals surface area contributed by atoms with Gasteiger partial charge in [-0.15, -0.1) is 0 Å². The number of allylic oxidation sites excluding steroid dienone is 9. The summed E-state index contributed by atoms with van der Waals surface area (Å²) in [6, 6.07) is 0. The van der Waals surface area contributed by atoms with Gasteiger partial charge in [0.2, 0.25) is 0 Å². The smallest absolute Gasteiger partial charge is 0 e. The van der Waals surface area contributed by atoms with Crippen LogP contribution in [-0.2, 0) is 32.7 Å². The van der Waals surface area contributed by atoms with Gasteiger partial charge in [-0.05, 0) is 30.4 Å². The molecule has 1 aliphatic rings. The number of hydrogen-bond acceptors (Lipinski definition) is 0. The van der Waals surface area contributed by atoms with Gasteiger partial charge in [0.05, 0.1) is 0 Å².